The van der Waals surface area contributed by atoms with Gasteiger partial charge in [0.2, 0.25) is 0 Å². The molecule has 1 heterocycles. The van der Waals surface area contributed by atoms with Gasteiger partial charge >= 0.3 is 0 Å². The van der Waals surface area contributed by atoms with Crippen molar-refractivity contribution in [1.29, 1.82) is 0 Å². The predicted molar refractivity (Wildman–Crippen MR) is 86.0 cm³/mol. The minimum absolute atomic E-state index is 0.587. The number of methoxy groups -OCH3 is 1. The zero-order valence-corrected chi connectivity index (χ0v) is 11.9. The summed E-state index contributed by atoms with van der Waals surface area (Å²) >= 11 is 1.44. The summed E-state index contributed by atoms with van der Waals surface area (Å²) in [5.41, 5.74) is 7.65. The average molecular weight is 282 g/mol. The molecule has 100 valence electrons. The maximum absolute atomic E-state index is 5.63. The van der Waals surface area contributed by atoms with Crippen LogP contribution in [0.25, 0.3) is 22.9 Å². The molecule has 0 aliphatic rings. The number of aromatic nitrogens is 1. The van der Waals surface area contributed by atoms with Gasteiger partial charge in [0.05, 0.1) is 12.8 Å². The molecule has 3 aromatic rings. The Morgan fingerprint density at radius 3 is 2.60 bits per heavy atom. The summed E-state index contributed by atoms with van der Waals surface area (Å²) in [6.45, 7) is 0. The standard InChI is InChI=1S/C16H14N2OS/c1-19-15-9-7-11(13-4-2-3-5-14(13)15)6-8-12-10-20-16(17)18-12/h2-10H,1H3,(H2,17,18). The summed E-state index contributed by atoms with van der Waals surface area (Å²) < 4.78 is 5.40. The number of benzene rings is 2. The van der Waals surface area contributed by atoms with Crippen LogP contribution >= 0.6 is 11.3 Å². The molecule has 0 atom stereocenters. The van der Waals surface area contributed by atoms with Gasteiger partial charge < -0.3 is 10.5 Å². The van der Waals surface area contributed by atoms with Crippen LogP contribution < -0.4 is 10.5 Å². The Bertz CT molecular complexity index is 777. The number of thiazole rings is 1. The smallest absolute Gasteiger partial charge is 0.180 e. The van der Waals surface area contributed by atoms with E-state index in [0.29, 0.717) is 5.13 Å². The van der Waals surface area contributed by atoms with Crippen molar-refractivity contribution in [1.82, 2.24) is 4.98 Å². The van der Waals surface area contributed by atoms with Crippen molar-refractivity contribution >= 4 is 39.4 Å². The average Bonchev–Trinajstić information content (AvgIpc) is 2.90. The maximum atomic E-state index is 5.63. The van der Waals surface area contributed by atoms with E-state index in [9.17, 15) is 0 Å². The van der Waals surface area contributed by atoms with E-state index in [1.165, 1.54) is 11.3 Å². The lowest BCUT2D eigenvalue weighted by atomic mass is 10.0. The Balaban J connectivity index is 2.06. The summed E-state index contributed by atoms with van der Waals surface area (Å²) in [6, 6.07) is 12.2. The highest BCUT2D eigenvalue weighted by molar-refractivity contribution is 7.13. The quantitative estimate of drug-likeness (QED) is 0.788. The number of ether oxygens (including phenoxy) is 1. The SMILES string of the molecule is COc1ccc(C=Cc2csc(N)n2)c2ccccc12. The van der Waals surface area contributed by atoms with Gasteiger partial charge in [-0.3, -0.25) is 0 Å². The topological polar surface area (TPSA) is 48.1 Å². The largest absolute Gasteiger partial charge is 0.496 e. The molecule has 0 aliphatic carbocycles. The summed E-state index contributed by atoms with van der Waals surface area (Å²) in [4.78, 5) is 4.22. The number of nitrogens with zero attached hydrogens (tertiary/aromatic N) is 1. The molecule has 0 saturated heterocycles. The van der Waals surface area contributed by atoms with Crippen molar-refractivity contribution in [3.8, 4) is 5.75 Å². The second kappa shape index (κ2) is 5.35. The van der Waals surface area contributed by atoms with Crippen LogP contribution in [0.15, 0.2) is 41.8 Å². The van der Waals surface area contributed by atoms with Crippen LogP contribution in [0, 0.1) is 0 Å². The molecule has 1 aromatic heterocycles. The molecular weight excluding hydrogens is 268 g/mol. The number of nitrogens with two attached hydrogens (primary N) is 1. The van der Waals surface area contributed by atoms with Crippen molar-refractivity contribution in [2.24, 2.45) is 0 Å². The molecule has 0 radical (unpaired) electrons. The minimum Gasteiger partial charge on any atom is -0.496 e. The molecule has 0 amide bonds. The highest BCUT2D eigenvalue weighted by Gasteiger charge is 2.03. The van der Waals surface area contributed by atoms with Gasteiger partial charge in [-0.2, -0.15) is 0 Å². The molecule has 0 bridgehead atoms. The van der Waals surface area contributed by atoms with E-state index in [-0.39, 0.29) is 0 Å². The number of nitrogen functional groups attached to an aromatic ring is 1. The van der Waals surface area contributed by atoms with Gasteiger partial charge in [-0.25, -0.2) is 4.98 Å². The third kappa shape index (κ3) is 2.38. The van der Waals surface area contributed by atoms with E-state index < -0.39 is 0 Å². The summed E-state index contributed by atoms with van der Waals surface area (Å²) in [6.07, 6.45) is 4.03. The van der Waals surface area contributed by atoms with Crippen LogP contribution in [-0.4, -0.2) is 12.1 Å². The summed E-state index contributed by atoms with van der Waals surface area (Å²) in [5.74, 6) is 0.885. The van der Waals surface area contributed by atoms with Gasteiger partial charge in [-0.1, -0.05) is 36.4 Å². The Morgan fingerprint density at radius 1 is 1.10 bits per heavy atom. The third-order valence-electron chi connectivity index (χ3n) is 3.11. The molecule has 0 spiro atoms. The van der Waals surface area contributed by atoms with Crippen molar-refractivity contribution in [3.05, 3.63) is 53.0 Å². The van der Waals surface area contributed by atoms with E-state index >= 15 is 0 Å². The molecule has 2 N–H and O–H groups in total. The normalized spacial score (nSPS) is 11.2. The fraction of sp³-hybridized carbons (Fsp3) is 0.0625. The molecule has 20 heavy (non-hydrogen) atoms. The second-order valence-electron chi connectivity index (χ2n) is 4.35. The van der Waals surface area contributed by atoms with Gasteiger partial charge in [0.25, 0.3) is 0 Å². The molecule has 3 nitrogen and oxygen atoms in total. The van der Waals surface area contributed by atoms with Crippen LogP contribution in [-0.2, 0) is 0 Å². The molecule has 0 aliphatic heterocycles. The zero-order valence-electron chi connectivity index (χ0n) is 11.0. The van der Waals surface area contributed by atoms with E-state index in [1.807, 2.05) is 35.7 Å². The number of rotatable bonds is 3. The first kappa shape index (κ1) is 12.7. The monoisotopic (exact) mass is 282 g/mol. The highest BCUT2D eigenvalue weighted by Crippen LogP contribution is 2.29. The number of anilines is 1. The first-order chi connectivity index (χ1) is 9.78. The van der Waals surface area contributed by atoms with Gasteiger partial charge in [0.15, 0.2) is 5.13 Å². The molecule has 0 fully saturated rings. The van der Waals surface area contributed by atoms with Gasteiger partial charge in [-0.05, 0) is 23.1 Å². The fourth-order valence-electron chi connectivity index (χ4n) is 2.17. The molecule has 3 rings (SSSR count). The van der Waals surface area contributed by atoms with E-state index in [4.69, 9.17) is 10.5 Å². The second-order valence-corrected chi connectivity index (χ2v) is 5.24. The number of fused-ring (bicyclic) bond motifs is 1. The predicted octanol–water partition coefficient (Wildman–Crippen LogP) is 4.06. The van der Waals surface area contributed by atoms with Crippen LogP contribution in [0.4, 0.5) is 5.13 Å². The lowest BCUT2D eigenvalue weighted by Gasteiger charge is -2.07. The molecule has 0 unspecified atom stereocenters. The summed E-state index contributed by atoms with van der Waals surface area (Å²) in [7, 11) is 1.69. The van der Waals surface area contributed by atoms with Gasteiger partial charge in [0, 0.05) is 10.8 Å². The van der Waals surface area contributed by atoms with Crippen molar-refractivity contribution in [2.45, 2.75) is 0 Å². The molecule has 4 heteroatoms. The Labute approximate surface area is 121 Å². The van der Waals surface area contributed by atoms with Crippen LogP contribution in [0.1, 0.15) is 11.3 Å². The fourth-order valence-corrected chi connectivity index (χ4v) is 2.70. The van der Waals surface area contributed by atoms with Crippen LogP contribution in [0.3, 0.4) is 0 Å². The van der Waals surface area contributed by atoms with Crippen LogP contribution in [0.2, 0.25) is 0 Å². The minimum atomic E-state index is 0.587. The molecular formula is C16H14N2OS. The lowest BCUT2D eigenvalue weighted by Crippen LogP contribution is -1.86. The van der Waals surface area contributed by atoms with Crippen LogP contribution in [0.5, 0.6) is 5.75 Å². The summed E-state index contributed by atoms with van der Waals surface area (Å²) in [5, 5.41) is 4.79. The van der Waals surface area contributed by atoms with E-state index in [0.717, 1.165) is 27.8 Å². The molecule has 0 saturated carbocycles. The molecule has 2 aromatic carbocycles. The van der Waals surface area contributed by atoms with Crippen molar-refractivity contribution < 1.29 is 4.74 Å². The van der Waals surface area contributed by atoms with Gasteiger partial charge in [0.1, 0.15) is 5.75 Å². The first-order valence-electron chi connectivity index (χ1n) is 6.23. The number of hydrogen-bond donors (Lipinski definition) is 1. The Kier molecular flexibility index (Phi) is 3.39. The Morgan fingerprint density at radius 2 is 1.90 bits per heavy atom. The number of hydrogen-bond acceptors (Lipinski definition) is 4. The van der Waals surface area contributed by atoms with E-state index in [1.54, 1.807) is 7.11 Å². The van der Waals surface area contributed by atoms with Crippen molar-refractivity contribution in [2.75, 3.05) is 12.8 Å². The third-order valence-corrected chi connectivity index (χ3v) is 3.80. The lowest BCUT2D eigenvalue weighted by molar-refractivity contribution is 0.420. The zero-order chi connectivity index (χ0) is 13.9. The highest BCUT2D eigenvalue weighted by atomic mass is 32.1. The Hall–Kier alpha value is -2.33. The first-order valence-corrected chi connectivity index (χ1v) is 7.11. The van der Waals surface area contributed by atoms with Gasteiger partial charge in [-0.15, -0.1) is 11.3 Å². The maximum Gasteiger partial charge on any atom is 0.180 e. The van der Waals surface area contributed by atoms with Crippen molar-refractivity contribution in [3.63, 3.8) is 0 Å². The van der Waals surface area contributed by atoms with E-state index in [2.05, 4.69) is 23.2 Å².